The predicted octanol–water partition coefficient (Wildman–Crippen LogP) is 2.21. The summed E-state index contributed by atoms with van der Waals surface area (Å²) >= 11 is 0. The highest BCUT2D eigenvalue weighted by Gasteiger charge is 2.41. The van der Waals surface area contributed by atoms with Crippen LogP contribution in [-0.4, -0.2) is 25.0 Å². The molecule has 20 heavy (non-hydrogen) atoms. The second-order valence-electron chi connectivity index (χ2n) is 5.32. The number of sulfonamides is 1. The van der Waals surface area contributed by atoms with E-state index in [0.29, 0.717) is 6.42 Å². The highest BCUT2D eigenvalue weighted by molar-refractivity contribution is 7.89. The van der Waals surface area contributed by atoms with E-state index in [-0.39, 0.29) is 22.0 Å². The van der Waals surface area contributed by atoms with E-state index in [1.165, 1.54) is 13.8 Å². The van der Waals surface area contributed by atoms with Crippen LogP contribution in [0.1, 0.15) is 54.5 Å². The summed E-state index contributed by atoms with van der Waals surface area (Å²) < 4.78 is 32.9. The lowest BCUT2D eigenvalue weighted by molar-refractivity contribution is 0.0691. The van der Waals surface area contributed by atoms with E-state index < -0.39 is 21.5 Å². The quantitative estimate of drug-likeness (QED) is 0.869. The molecule has 0 amide bonds. The summed E-state index contributed by atoms with van der Waals surface area (Å²) in [4.78, 5) is 11.0. The van der Waals surface area contributed by atoms with Gasteiger partial charge in [0.15, 0.2) is 0 Å². The highest BCUT2D eigenvalue weighted by Crippen LogP contribution is 2.37. The normalized spacial score (nSPS) is 17.8. The fourth-order valence-corrected chi connectivity index (χ4v) is 4.64. The van der Waals surface area contributed by atoms with Crippen LogP contribution in [0.2, 0.25) is 0 Å². The second kappa shape index (κ2) is 4.89. The van der Waals surface area contributed by atoms with Gasteiger partial charge in [0.05, 0.1) is 0 Å². The molecule has 112 valence electrons. The molecule has 1 aromatic heterocycles. The van der Waals surface area contributed by atoms with Gasteiger partial charge in [-0.15, -0.1) is 0 Å². The Morgan fingerprint density at radius 3 is 2.35 bits per heavy atom. The Bertz CT molecular complexity index is 634. The molecule has 1 aliphatic rings. The Labute approximate surface area is 118 Å². The Morgan fingerprint density at radius 1 is 1.35 bits per heavy atom. The van der Waals surface area contributed by atoms with Gasteiger partial charge < -0.3 is 9.52 Å². The fourth-order valence-electron chi connectivity index (χ4n) is 2.70. The Morgan fingerprint density at radius 2 is 1.95 bits per heavy atom. The van der Waals surface area contributed by atoms with Gasteiger partial charge in [-0.25, -0.2) is 17.9 Å². The molecule has 2 N–H and O–H groups in total. The average molecular weight is 301 g/mol. The number of carboxylic acid groups (broad SMARTS) is 1. The Kier molecular flexibility index (Phi) is 3.68. The lowest BCUT2D eigenvalue weighted by atomic mass is 9.76. The SMILES string of the molecule is CCC1(NS(=O)(=O)c2c(C)oc(C)c2C(=O)O)CCC1. The molecule has 0 unspecified atom stereocenters. The summed E-state index contributed by atoms with van der Waals surface area (Å²) in [5.41, 5.74) is -0.716. The minimum absolute atomic E-state index is 0.106. The van der Waals surface area contributed by atoms with Crippen molar-refractivity contribution in [2.45, 2.75) is 56.9 Å². The molecule has 1 aromatic rings. The number of carboxylic acids is 1. The third-order valence-electron chi connectivity index (χ3n) is 4.03. The Hall–Kier alpha value is -1.34. The maximum atomic E-state index is 12.5. The van der Waals surface area contributed by atoms with Gasteiger partial charge in [0.2, 0.25) is 10.0 Å². The largest absolute Gasteiger partial charge is 0.478 e. The molecule has 0 aliphatic heterocycles. The zero-order valence-corrected chi connectivity index (χ0v) is 12.6. The molecular weight excluding hydrogens is 282 g/mol. The van der Waals surface area contributed by atoms with E-state index >= 15 is 0 Å². The van der Waals surface area contributed by atoms with Gasteiger partial charge in [-0.2, -0.15) is 0 Å². The first kappa shape index (κ1) is 15.1. The molecule has 0 radical (unpaired) electrons. The third kappa shape index (κ3) is 2.35. The fraction of sp³-hybridized carbons (Fsp3) is 0.615. The van der Waals surface area contributed by atoms with Crippen LogP contribution in [0.4, 0.5) is 0 Å². The standard InChI is InChI=1S/C13H19NO5S/c1-4-13(6-5-7-13)14-20(17,18)11-9(3)19-8(2)10(11)12(15)16/h14H,4-7H2,1-3H3,(H,15,16). The number of aryl methyl sites for hydroxylation is 2. The van der Waals surface area contributed by atoms with E-state index in [2.05, 4.69) is 4.72 Å². The minimum atomic E-state index is -3.90. The summed E-state index contributed by atoms with van der Waals surface area (Å²) in [5, 5.41) is 9.20. The number of hydrogen-bond donors (Lipinski definition) is 2. The molecule has 1 fully saturated rings. The van der Waals surface area contributed by atoms with Crippen molar-refractivity contribution in [3.05, 3.63) is 17.1 Å². The van der Waals surface area contributed by atoms with Crippen LogP contribution < -0.4 is 4.72 Å². The molecule has 0 aromatic carbocycles. The highest BCUT2D eigenvalue weighted by atomic mass is 32.2. The maximum absolute atomic E-state index is 12.5. The van der Waals surface area contributed by atoms with Crippen LogP contribution in [0.15, 0.2) is 9.31 Å². The molecule has 0 atom stereocenters. The summed E-state index contributed by atoms with van der Waals surface area (Å²) in [6, 6.07) is 0. The minimum Gasteiger partial charge on any atom is -0.478 e. The van der Waals surface area contributed by atoms with Gasteiger partial charge in [0.1, 0.15) is 22.0 Å². The van der Waals surface area contributed by atoms with E-state index in [0.717, 1.165) is 19.3 Å². The van der Waals surface area contributed by atoms with Crippen molar-refractivity contribution in [2.75, 3.05) is 0 Å². The average Bonchev–Trinajstić information content (AvgIpc) is 2.59. The Balaban J connectivity index is 2.47. The zero-order chi connectivity index (χ0) is 15.1. The van der Waals surface area contributed by atoms with Crippen molar-refractivity contribution < 1.29 is 22.7 Å². The first-order valence-corrected chi connectivity index (χ1v) is 8.08. The van der Waals surface area contributed by atoms with Gasteiger partial charge in [-0.05, 0) is 39.5 Å². The molecule has 1 aliphatic carbocycles. The number of aromatic carboxylic acids is 1. The first-order valence-electron chi connectivity index (χ1n) is 6.60. The van der Waals surface area contributed by atoms with Gasteiger partial charge in [-0.1, -0.05) is 6.92 Å². The molecule has 2 rings (SSSR count). The second-order valence-corrected chi connectivity index (χ2v) is 6.94. The first-order chi connectivity index (χ1) is 9.22. The molecule has 1 saturated carbocycles. The molecule has 1 heterocycles. The predicted molar refractivity (Wildman–Crippen MR) is 72.3 cm³/mol. The van der Waals surface area contributed by atoms with Crippen LogP contribution >= 0.6 is 0 Å². The topological polar surface area (TPSA) is 96.6 Å². The van der Waals surface area contributed by atoms with Crippen LogP contribution in [0.3, 0.4) is 0 Å². The number of nitrogens with one attached hydrogen (secondary N) is 1. The monoisotopic (exact) mass is 301 g/mol. The van der Waals surface area contributed by atoms with E-state index in [9.17, 15) is 18.3 Å². The summed E-state index contributed by atoms with van der Waals surface area (Å²) in [6.45, 7) is 4.84. The van der Waals surface area contributed by atoms with E-state index in [1.807, 2.05) is 6.92 Å². The number of hydrogen-bond acceptors (Lipinski definition) is 4. The van der Waals surface area contributed by atoms with Gasteiger partial charge >= 0.3 is 5.97 Å². The summed E-state index contributed by atoms with van der Waals surface area (Å²) in [5.74, 6) is -1.08. The molecule has 6 nitrogen and oxygen atoms in total. The van der Waals surface area contributed by atoms with Crippen LogP contribution in [0.25, 0.3) is 0 Å². The van der Waals surface area contributed by atoms with Crippen molar-refractivity contribution in [2.24, 2.45) is 0 Å². The number of furan rings is 1. The van der Waals surface area contributed by atoms with E-state index in [4.69, 9.17) is 4.42 Å². The van der Waals surface area contributed by atoms with Crippen molar-refractivity contribution >= 4 is 16.0 Å². The molecule has 7 heteroatoms. The van der Waals surface area contributed by atoms with E-state index in [1.54, 1.807) is 0 Å². The smallest absolute Gasteiger partial charge is 0.340 e. The summed E-state index contributed by atoms with van der Waals surface area (Å²) in [7, 11) is -3.90. The van der Waals surface area contributed by atoms with Gasteiger partial charge in [0.25, 0.3) is 0 Å². The van der Waals surface area contributed by atoms with Crippen molar-refractivity contribution in [3.8, 4) is 0 Å². The van der Waals surface area contributed by atoms with Crippen LogP contribution in [0.5, 0.6) is 0 Å². The van der Waals surface area contributed by atoms with Gasteiger partial charge in [-0.3, -0.25) is 0 Å². The number of carbonyl (C=O) groups is 1. The number of rotatable bonds is 5. The lowest BCUT2D eigenvalue weighted by Gasteiger charge is -2.41. The molecular formula is C13H19NO5S. The molecule has 0 spiro atoms. The van der Waals surface area contributed by atoms with Crippen molar-refractivity contribution in [1.29, 1.82) is 0 Å². The van der Waals surface area contributed by atoms with Crippen molar-refractivity contribution in [1.82, 2.24) is 4.72 Å². The zero-order valence-electron chi connectivity index (χ0n) is 11.8. The molecule has 0 bridgehead atoms. The summed E-state index contributed by atoms with van der Waals surface area (Å²) in [6.07, 6.45) is 3.22. The van der Waals surface area contributed by atoms with Crippen LogP contribution in [0, 0.1) is 13.8 Å². The van der Waals surface area contributed by atoms with Crippen LogP contribution in [-0.2, 0) is 10.0 Å². The maximum Gasteiger partial charge on any atom is 0.340 e. The van der Waals surface area contributed by atoms with Gasteiger partial charge in [0, 0.05) is 5.54 Å². The molecule has 0 saturated heterocycles. The third-order valence-corrected chi connectivity index (χ3v) is 5.76. The van der Waals surface area contributed by atoms with Crippen molar-refractivity contribution in [3.63, 3.8) is 0 Å². The lowest BCUT2D eigenvalue weighted by Crippen LogP contribution is -2.53.